The second-order valence-electron chi connectivity index (χ2n) is 9.66. The number of rotatable bonds is 7. The number of hydrogen-bond donors (Lipinski definition) is 7. The van der Waals surface area contributed by atoms with Crippen molar-refractivity contribution in [2.45, 2.75) is 68.9 Å². The number of aromatic hydroxyl groups is 2. The van der Waals surface area contributed by atoms with Gasteiger partial charge in [-0.25, -0.2) is 0 Å². The van der Waals surface area contributed by atoms with Crippen molar-refractivity contribution in [1.82, 2.24) is 0 Å². The van der Waals surface area contributed by atoms with Crippen LogP contribution in [0.25, 0.3) is 0 Å². The molecule has 0 saturated carbocycles. The van der Waals surface area contributed by atoms with Crippen molar-refractivity contribution < 1.29 is 50.0 Å². The Morgan fingerprint density at radius 1 is 1.00 bits per heavy atom. The molecule has 3 rings (SSSR count). The lowest BCUT2D eigenvalue weighted by molar-refractivity contribution is -0.404. The molecule has 0 aliphatic carbocycles. The Labute approximate surface area is 202 Å². The first-order chi connectivity index (χ1) is 16.1. The van der Waals surface area contributed by atoms with Crippen molar-refractivity contribution in [2.75, 3.05) is 6.61 Å². The van der Waals surface area contributed by atoms with Crippen molar-refractivity contribution in [2.24, 2.45) is 0 Å². The molecule has 0 aromatic heterocycles. The molecule has 2 aromatic carbocycles. The summed E-state index contributed by atoms with van der Waals surface area (Å²) in [5.41, 5.74) is -7.81. The lowest BCUT2D eigenvalue weighted by atomic mass is 9.63. The molecule has 192 valence electrons. The monoisotopic (exact) mass is 492 g/mol. The molecule has 7 N–H and O–H groups in total. The topological polar surface area (TPSA) is 177 Å². The molecule has 1 heterocycles. The number of aliphatic hydroxyl groups excluding tert-OH is 2. The number of carbonyl (C=O) groups excluding carboxylic acids is 1. The van der Waals surface area contributed by atoms with Gasteiger partial charge in [0, 0.05) is 12.5 Å². The van der Waals surface area contributed by atoms with E-state index in [1.54, 1.807) is 0 Å². The standard InChI is InChI=1S/C25H32O10/c1-22(13-26)24(3,32)25(4,33)23(2,31)21(35-22)34-16-9-10-17(19(29)11-16)20(30)12-18(28)14-5-7-15(27)8-6-14/h5-11,18,21,26-29,31-33H,12-13H2,1-4H3/t18-,21+,22-,23+,24-,25-/m1/s1. The molecule has 1 fully saturated rings. The van der Waals surface area contributed by atoms with Gasteiger partial charge in [-0.3, -0.25) is 4.79 Å². The molecule has 0 bridgehead atoms. The molecular formula is C25H32O10. The maximum absolute atomic E-state index is 12.6. The second-order valence-corrected chi connectivity index (χ2v) is 9.66. The van der Waals surface area contributed by atoms with E-state index in [-0.39, 0.29) is 23.5 Å². The fourth-order valence-corrected chi connectivity index (χ4v) is 4.08. The van der Waals surface area contributed by atoms with Crippen LogP contribution in [0.4, 0.5) is 0 Å². The second kappa shape index (κ2) is 9.05. The number of carbonyl (C=O) groups is 1. The van der Waals surface area contributed by atoms with Crippen molar-refractivity contribution in [3.05, 3.63) is 53.6 Å². The van der Waals surface area contributed by atoms with Gasteiger partial charge in [0.2, 0.25) is 6.29 Å². The molecule has 2 aromatic rings. The van der Waals surface area contributed by atoms with Crippen LogP contribution in [0.2, 0.25) is 0 Å². The van der Waals surface area contributed by atoms with Crippen LogP contribution in [-0.2, 0) is 4.74 Å². The number of ether oxygens (including phenoxy) is 2. The molecule has 0 amide bonds. The van der Waals surface area contributed by atoms with E-state index in [0.29, 0.717) is 5.56 Å². The summed E-state index contributed by atoms with van der Waals surface area (Å²) in [6.07, 6.45) is -3.06. The first-order valence-corrected chi connectivity index (χ1v) is 11.0. The first kappa shape index (κ1) is 26.9. The Morgan fingerprint density at radius 2 is 1.60 bits per heavy atom. The predicted octanol–water partition coefficient (Wildman–Crippen LogP) is 1.14. The SMILES string of the molecule is C[C@]1(O)[C@](C)(O)[C@@](C)(O)[C@@H](Oc2ccc(C(=O)C[C@@H](O)c3ccc(O)cc3)c(O)c2)O[C@]1(C)CO. The highest BCUT2D eigenvalue weighted by Gasteiger charge is 2.71. The van der Waals surface area contributed by atoms with Gasteiger partial charge in [-0.2, -0.15) is 0 Å². The number of benzene rings is 2. The summed E-state index contributed by atoms with van der Waals surface area (Å²) in [5, 5.41) is 72.8. The van der Waals surface area contributed by atoms with Crippen molar-refractivity contribution in [1.29, 1.82) is 0 Å². The minimum absolute atomic E-state index is 0.0193. The molecule has 35 heavy (non-hydrogen) atoms. The molecule has 1 aliphatic rings. The molecule has 10 nitrogen and oxygen atoms in total. The fraction of sp³-hybridized carbons (Fsp3) is 0.480. The number of aliphatic hydroxyl groups is 5. The summed E-state index contributed by atoms with van der Waals surface area (Å²) in [4.78, 5) is 12.6. The fourth-order valence-electron chi connectivity index (χ4n) is 4.08. The zero-order valence-electron chi connectivity index (χ0n) is 20.0. The summed E-state index contributed by atoms with van der Waals surface area (Å²) in [6.45, 7) is 4.27. The zero-order valence-corrected chi connectivity index (χ0v) is 20.0. The maximum Gasteiger partial charge on any atom is 0.232 e. The van der Waals surface area contributed by atoms with Crippen molar-refractivity contribution in [3.63, 3.8) is 0 Å². The van der Waals surface area contributed by atoms with E-state index >= 15 is 0 Å². The van der Waals surface area contributed by atoms with Crippen LogP contribution in [0.15, 0.2) is 42.5 Å². The normalized spacial score (nSPS) is 33.8. The van der Waals surface area contributed by atoms with Crippen molar-refractivity contribution in [3.8, 4) is 17.2 Å². The molecule has 0 radical (unpaired) electrons. The van der Waals surface area contributed by atoms with Gasteiger partial charge >= 0.3 is 0 Å². The van der Waals surface area contributed by atoms with Gasteiger partial charge in [-0.1, -0.05) is 12.1 Å². The number of hydrogen-bond acceptors (Lipinski definition) is 10. The van der Waals surface area contributed by atoms with E-state index in [9.17, 15) is 40.5 Å². The van der Waals surface area contributed by atoms with Gasteiger partial charge in [0.05, 0.1) is 18.3 Å². The molecule has 10 heteroatoms. The lowest BCUT2D eigenvalue weighted by Gasteiger charge is -2.61. The number of phenolic OH excluding ortho intramolecular Hbond substituents is 2. The van der Waals surface area contributed by atoms with E-state index in [2.05, 4.69) is 0 Å². The van der Waals surface area contributed by atoms with Crippen LogP contribution < -0.4 is 4.74 Å². The van der Waals surface area contributed by atoms with Gasteiger partial charge in [0.1, 0.15) is 34.1 Å². The number of Topliss-reactive ketones (excluding diaryl/α,β-unsaturated/α-hetero) is 1. The van der Waals surface area contributed by atoms with Crippen LogP contribution in [0.1, 0.15) is 56.1 Å². The smallest absolute Gasteiger partial charge is 0.232 e. The Morgan fingerprint density at radius 3 is 2.14 bits per heavy atom. The summed E-state index contributed by atoms with van der Waals surface area (Å²) in [5.74, 6) is -1.01. The third kappa shape index (κ3) is 4.49. The minimum Gasteiger partial charge on any atom is -0.508 e. The van der Waals surface area contributed by atoms with Gasteiger partial charge < -0.3 is 45.2 Å². The number of phenols is 2. The summed E-state index contributed by atoms with van der Waals surface area (Å²) >= 11 is 0. The highest BCUT2D eigenvalue weighted by molar-refractivity contribution is 5.99. The minimum atomic E-state index is -2.19. The van der Waals surface area contributed by atoms with E-state index in [0.717, 1.165) is 6.07 Å². The van der Waals surface area contributed by atoms with Gasteiger partial charge in [-0.05, 0) is 57.5 Å². The zero-order chi connectivity index (χ0) is 26.4. The van der Waals surface area contributed by atoms with E-state index in [1.807, 2.05) is 0 Å². The summed E-state index contributed by atoms with van der Waals surface area (Å²) in [7, 11) is 0. The third-order valence-corrected chi connectivity index (χ3v) is 7.26. The van der Waals surface area contributed by atoms with E-state index < -0.39 is 52.9 Å². The molecule has 0 unspecified atom stereocenters. The Bertz CT molecular complexity index is 1080. The van der Waals surface area contributed by atoms with Crippen LogP contribution in [0, 0.1) is 0 Å². The Balaban J connectivity index is 1.80. The predicted molar refractivity (Wildman–Crippen MR) is 123 cm³/mol. The molecular weight excluding hydrogens is 460 g/mol. The average Bonchev–Trinajstić information content (AvgIpc) is 2.77. The first-order valence-electron chi connectivity index (χ1n) is 11.0. The molecule has 1 saturated heterocycles. The quantitative estimate of drug-likeness (QED) is 0.277. The van der Waals surface area contributed by atoms with Gasteiger partial charge in [0.25, 0.3) is 0 Å². The van der Waals surface area contributed by atoms with Crippen LogP contribution in [-0.4, -0.2) is 76.8 Å². The Hall–Kier alpha value is -2.73. The van der Waals surface area contributed by atoms with Crippen LogP contribution in [0.3, 0.4) is 0 Å². The summed E-state index contributed by atoms with van der Waals surface area (Å²) in [6, 6.07) is 9.43. The van der Waals surface area contributed by atoms with Crippen molar-refractivity contribution >= 4 is 5.78 Å². The third-order valence-electron chi connectivity index (χ3n) is 7.26. The van der Waals surface area contributed by atoms with E-state index in [4.69, 9.17) is 9.47 Å². The maximum atomic E-state index is 12.6. The van der Waals surface area contributed by atoms with Gasteiger partial charge in [0.15, 0.2) is 11.4 Å². The molecule has 0 spiro atoms. The van der Waals surface area contributed by atoms with Gasteiger partial charge in [-0.15, -0.1) is 0 Å². The van der Waals surface area contributed by atoms with E-state index in [1.165, 1.54) is 64.1 Å². The average molecular weight is 493 g/mol. The number of ketones is 1. The Kier molecular flexibility index (Phi) is 6.95. The summed E-state index contributed by atoms with van der Waals surface area (Å²) < 4.78 is 11.4. The highest BCUT2D eigenvalue weighted by Crippen LogP contribution is 2.49. The molecule has 1 aliphatic heterocycles. The lowest BCUT2D eigenvalue weighted by Crippen LogP contribution is -2.82. The van der Waals surface area contributed by atoms with Crippen LogP contribution in [0.5, 0.6) is 17.2 Å². The molecule has 6 atom stereocenters. The highest BCUT2D eigenvalue weighted by atomic mass is 16.7. The van der Waals surface area contributed by atoms with Crippen LogP contribution >= 0.6 is 0 Å². The largest absolute Gasteiger partial charge is 0.508 e.